The molecule has 1 amide bonds. The first-order valence-corrected chi connectivity index (χ1v) is 10.1. The number of pyridine rings is 1. The first-order valence-electron chi connectivity index (χ1n) is 10.1. The number of carbonyl (C=O) groups is 1. The second kappa shape index (κ2) is 8.23. The molecular weight excluding hydrogens is 380 g/mol. The maximum absolute atomic E-state index is 12.7. The van der Waals surface area contributed by atoms with Crippen molar-refractivity contribution < 1.29 is 18.7 Å². The smallest absolute Gasteiger partial charge is 0.251 e. The van der Waals surface area contributed by atoms with Gasteiger partial charge in [-0.25, -0.2) is 13.3 Å². The Morgan fingerprint density at radius 3 is 2.93 bits per heavy atom. The zero-order chi connectivity index (χ0) is 20.5. The van der Waals surface area contributed by atoms with Crippen LogP contribution in [-0.4, -0.2) is 64.0 Å². The van der Waals surface area contributed by atoms with Crippen LogP contribution in [0.4, 0.5) is 14.5 Å². The van der Waals surface area contributed by atoms with E-state index in [1.807, 2.05) is 24.1 Å². The number of hydrogen-bond acceptors (Lipinski definition) is 5. The molecule has 2 aliphatic rings. The molecule has 0 saturated carbocycles. The Kier molecular flexibility index (Phi) is 5.69. The maximum atomic E-state index is 12.7. The molecule has 29 heavy (non-hydrogen) atoms. The largest absolute Gasteiger partial charge is 0.356 e. The molecular formula is C20H27F2N5O2. The minimum Gasteiger partial charge on any atom is -0.356 e. The van der Waals surface area contributed by atoms with Gasteiger partial charge in [-0.3, -0.25) is 9.69 Å². The van der Waals surface area contributed by atoms with Crippen molar-refractivity contribution in [3.8, 4) is 0 Å². The normalized spacial score (nSPS) is 26.3. The van der Waals surface area contributed by atoms with Crippen LogP contribution in [0.5, 0.6) is 0 Å². The molecule has 7 nitrogen and oxygen atoms in total. The van der Waals surface area contributed by atoms with Crippen molar-refractivity contribution in [1.82, 2.24) is 19.8 Å². The number of halogens is 2. The van der Waals surface area contributed by atoms with E-state index >= 15 is 0 Å². The average molecular weight is 407 g/mol. The number of aliphatic hydroxyl groups excluding tert-OH is 1. The summed E-state index contributed by atoms with van der Waals surface area (Å²) in [5.74, 6) is 0.283. The molecule has 4 rings (SSSR count). The second-order valence-corrected chi connectivity index (χ2v) is 8.11. The average Bonchev–Trinajstić information content (AvgIpc) is 3.07. The Morgan fingerprint density at radius 2 is 2.21 bits per heavy atom. The van der Waals surface area contributed by atoms with E-state index < -0.39 is 12.8 Å². The number of piperidine rings is 1. The third-order valence-electron chi connectivity index (χ3n) is 6.06. The van der Waals surface area contributed by atoms with Crippen LogP contribution >= 0.6 is 0 Å². The van der Waals surface area contributed by atoms with Crippen LogP contribution in [-0.2, 0) is 11.2 Å². The summed E-state index contributed by atoms with van der Waals surface area (Å²) < 4.78 is 27.2. The number of anilines is 1. The number of aromatic nitrogens is 2. The highest BCUT2D eigenvalue weighted by atomic mass is 19.3. The van der Waals surface area contributed by atoms with E-state index in [4.69, 9.17) is 0 Å². The summed E-state index contributed by atoms with van der Waals surface area (Å²) in [4.78, 5) is 15.1. The number of alkyl halides is 2. The van der Waals surface area contributed by atoms with Gasteiger partial charge in [-0.05, 0) is 56.3 Å². The summed E-state index contributed by atoms with van der Waals surface area (Å²) in [6.45, 7) is 3.02. The first-order chi connectivity index (χ1) is 13.9. The van der Waals surface area contributed by atoms with Crippen LogP contribution in [0.25, 0.3) is 5.52 Å². The minimum atomic E-state index is -2.29. The van der Waals surface area contributed by atoms with E-state index in [-0.39, 0.29) is 18.5 Å². The molecule has 2 aromatic heterocycles. The number of amides is 1. The van der Waals surface area contributed by atoms with Crippen LogP contribution in [0.1, 0.15) is 31.7 Å². The molecule has 4 heterocycles. The van der Waals surface area contributed by atoms with Crippen molar-refractivity contribution in [2.75, 3.05) is 24.5 Å². The Labute approximate surface area is 168 Å². The van der Waals surface area contributed by atoms with Gasteiger partial charge in [0, 0.05) is 25.2 Å². The van der Waals surface area contributed by atoms with Crippen molar-refractivity contribution in [3.63, 3.8) is 0 Å². The van der Waals surface area contributed by atoms with E-state index in [0.717, 1.165) is 36.0 Å². The van der Waals surface area contributed by atoms with E-state index in [1.165, 1.54) is 0 Å². The summed E-state index contributed by atoms with van der Waals surface area (Å²) in [6, 6.07) is 4.26. The zero-order valence-electron chi connectivity index (χ0n) is 16.5. The second-order valence-electron chi connectivity index (χ2n) is 8.11. The number of hydrogen-bond donors (Lipinski definition) is 2. The molecule has 1 unspecified atom stereocenters. The van der Waals surface area contributed by atoms with Crippen LogP contribution in [0.2, 0.25) is 0 Å². The third-order valence-corrected chi connectivity index (χ3v) is 6.06. The molecule has 2 aliphatic heterocycles. The molecule has 2 aromatic rings. The number of carbonyl (C=O) groups excluding carboxylic acids is 1. The van der Waals surface area contributed by atoms with Gasteiger partial charge in [0.25, 0.3) is 6.43 Å². The first kappa shape index (κ1) is 20.0. The van der Waals surface area contributed by atoms with Gasteiger partial charge < -0.3 is 15.3 Å². The Morgan fingerprint density at radius 1 is 1.38 bits per heavy atom. The van der Waals surface area contributed by atoms with E-state index in [0.29, 0.717) is 25.4 Å². The van der Waals surface area contributed by atoms with Gasteiger partial charge in [0.05, 0.1) is 23.9 Å². The number of likely N-dealkylation sites (tertiary alicyclic amines) is 1. The highest BCUT2D eigenvalue weighted by Gasteiger charge is 2.28. The van der Waals surface area contributed by atoms with Crippen molar-refractivity contribution in [3.05, 3.63) is 30.1 Å². The van der Waals surface area contributed by atoms with Gasteiger partial charge in [-0.1, -0.05) is 0 Å². The van der Waals surface area contributed by atoms with Crippen LogP contribution < -0.4 is 10.2 Å². The summed E-state index contributed by atoms with van der Waals surface area (Å²) >= 11 is 0. The summed E-state index contributed by atoms with van der Waals surface area (Å²) in [6.07, 6.45) is 3.27. The third kappa shape index (κ3) is 4.35. The molecule has 0 aromatic carbocycles. The predicted molar refractivity (Wildman–Crippen MR) is 105 cm³/mol. The van der Waals surface area contributed by atoms with E-state index in [1.54, 1.807) is 15.6 Å². The van der Waals surface area contributed by atoms with Gasteiger partial charge in [0.1, 0.15) is 0 Å². The molecule has 2 N–H and O–H groups in total. The number of fused-ring (bicyclic) bond motifs is 1. The Balaban J connectivity index is 1.47. The quantitative estimate of drug-likeness (QED) is 0.792. The molecule has 3 atom stereocenters. The minimum absolute atomic E-state index is 0.145. The van der Waals surface area contributed by atoms with Gasteiger partial charge in [0.15, 0.2) is 0 Å². The van der Waals surface area contributed by atoms with Crippen LogP contribution in [0.3, 0.4) is 0 Å². The Bertz CT molecular complexity index is 874. The van der Waals surface area contributed by atoms with Crippen molar-refractivity contribution in [2.24, 2.45) is 5.92 Å². The fourth-order valence-electron chi connectivity index (χ4n) is 4.54. The zero-order valence-corrected chi connectivity index (χ0v) is 16.5. The lowest BCUT2D eigenvalue weighted by Gasteiger charge is -2.37. The summed E-state index contributed by atoms with van der Waals surface area (Å²) in [5, 5.41) is 17.1. The molecule has 0 spiro atoms. The summed E-state index contributed by atoms with van der Waals surface area (Å²) in [7, 11) is 0. The molecule has 0 bridgehead atoms. The SMILES string of the molecule is C[C@H]1C[C@H](Cc2ccn3ncc(N4CCC(=O)NC4O)c3c2)CCN1CC(F)F. The molecule has 0 radical (unpaired) electrons. The number of nitrogens with zero attached hydrogens (tertiary/aromatic N) is 4. The Hall–Kier alpha value is -2.26. The van der Waals surface area contributed by atoms with Crippen LogP contribution in [0, 0.1) is 5.92 Å². The molecule has 2 fully saturated rings. The fourth-order valence-corrected chi connectivity index (χ4v) is 4.54. The summed E-state index contributed by atoms with van der Waals surface area (Å²) in [5.41, 5.74) is 2.81. The van der Waals surface area contributed by atoms with E-state index in [2.05, 4.69) is 16.5 Å². The lowest BCUT2D eigenvalue weighted by atomic mass is 9.86. The lowest BCUT2D eigenvalue weighted by Crippen LogP contribution is -2.54. The van der Waals surface area contributed by atoms with Gasteiger partial charge in [-0.15, -0.1) is 0 Å². The van der Waals surface area contributed by atoms with Crippen LogP contribution in [0.15, 0.2) is 24.5 Å². The van der Waals surface area contributed by atoms with Gasteiger partial charge in [0.2, 0.25) is 12.3 Å². The molecule has 158 valence electrons. The van der Waals surface area contributed by atoms with Gasteiger partial charge in [-0.2, -0.15) is 5.10 Å². The van der Waals surface area contributed by atoms with Crippen molar-refractivity contribution in [1.29, 1.82) is 0 Å². The van der Waals surface area contributed by atoms with Crippen molar-refractivity contribution >= 4 is 17.1 Å². The molecule has 9 heteroatoms. The molecule has 0 aliphatic carbocycles. The highest BCUT2D eigenvalue weighted by molar-refractivity contribution is 5.81. The standard InChI is InChI=1S/C20H27F2N5O2/c1-13-8-14(2-5-25(13)12-18(21)22)9-15-3-7-27-16(10-15)17(11-23-27)26-6-4-19(28)24-20(26)29/h3,7,10-11,13-14,18,20,29H,2,4-6,8-9,12H2,1H3,(H,24,28)/t13-,14+,20?/m0/s1. The lowest BCUT2D eigenvalue weighted by molar-refractivity contribution is -0.125. The predicted octanol–water partition coefficient (Wildman–Crippen LogP) is 1.84. The van der Waals surface area contributed by atoms with E-state index in [9.17, 15) is 18.7 Å². The molecule has 2 saturated heterocycles. The number of nitrogens with one attached hydrogen (secondary N) is 1. The topological polar surface area (TPSA) is 73.1 Å². The monoisotopic (exact) mass is 407 g/mol. The highest BCUT2D eigenvalue weighted by Crippen LogP contribution is 2.29. The van der Waals surface area contributed by atoms with Crippen molar-refractivity contribution in [2.45, 2.75) is 51.4 Å². The maximum Gasteiger partial charge on any atom is 0.251 e. The number of aliphatic hydroxyl groups is 1. The fraction of sp³-hybridized carbons (Fsp3) is 0.600. The van der Waals surface area contributed by atoms with Gasteiger partial charge >= 0.3 is 0 Å². The number of rotatable bonds is 5.